The van der Waals surface area contributed by atoms with Gasteiger partial charge in [-0.15, -0.1) is 0 Å². The lowest BCUT2D eigenvalue weighted by Crippen LogP contribution is -2.12. The van der Waals surface area contributed by atoms with E-state index < -0.39 is 17.7 Å². The van der Waals surface area contributed by atoms with E-state index in [1.165, 1.54) is 29.1 Å². The van der Waals surface area contributed by atoms with Crippen LogP contribution >= 0.6 is 0 Å². The molecular weight excluding hydrogens is 285 g/mol. The minimum Gasteiger partial charge on any atom is -0.481 e. The topological polar surface area (TPSA) is 55.1 Å². The molecule has 4 nitrogen and oxygen atoms in total. The fraction of sp³-hybridized carbons (Fsp3) is 0.286. The second-order valence-corrected chi connectivity index (χ2v) is 4.58. The number of alkyl halides is 3. The Labute approximate surface area is 118 Å². The lowest BCUT2D eigenvalue weighted by molar-refractivity contribution is -0.138. The van der Waals surface area contributed by atoms with Gasteiger partial charge in [-0.2, -0.15) is 18.3 Å². The molecule has 0 spiro atoms. The average molecular weight is 298 g/mol. The summed E-state index contributed by atoms with van der Waals surface area (Å²) in [6, 6.07) is 5.15. The van der Waals surface area contributed by atoms with Crippen LogP contribution in [-0.2, 0) is 17.4 Å². The monoisotopic (exact) mass is 298 g/mol. The van der Waals surface area contributed by atoms with E-state index in [9.17, 15) is 18.0 Å². The average Bonchev–Trinajstić information content (AvgIpc) is 2.76. The van der Waals surface area contributed by atoms with Crippen LogP contribution in [0.25, 0.3) is 5.69 Å². The molecule has 0 bridgehead atoms. The first-order valence-electron chi connectivity index (χ1n) is 6.22. The van der Waals surface area contributed by atoms with Gasteiger partial charge in [0.15, 0.2) is 0 Å². The Bertz CT molecular complexity index is 662. The quantitative estimate of drug-likeness (QED) is 0.943. The highest BCUT2D eigenvalue weighted by Gasteiger charge is 2.34. The Morgan fingerprint density at radius 1 is 1.33 bits per heavy atom. The third-order valence-corrected chi connectivity index (χ3v) is 3.16. The number of hydrogen-bond acceptors (Lipinski definition) is 2. The van der Waals surface area contributed by atoms with Crippen molar-refractivity contribution in [1.29, 1.82) is 0 Å². The van der Waals surface area contributed by atoms with Crippen LogP contribution in [0.2, 0.25) is 0 Å². The molecule has 112 valence electrons. The standard InChI is InChI=1S/C14H13F3N2O2/c1-9-10(6-7-13(20)21)8-18-19(9)12-5-3-2-4-11(12)14(15,16)17/h2-5,8H,6-7H2,1H3,(H,20,21). The van der Waals surface area contributed by atoms with Gasteiger partial charge in [0.2, 0.25) is 0 Å². The van der Waals surface area contributed by atoms with Crippen molar-refractivity contribution in [3.05, 3.63) is 47.3 Å². The van der Waals surface area contributed by atoms with E-state index >= 15 is 0 Å². The van der Waals surface area contributed by atoms with E-state index in [0.29, 0.717) is 11.3 Å². The van der Waals surface area contributed by atoms with Gasteiger partial charge in [-0.25, -0.2) is 4.68 Å². The van der Waals surface area contributed by atoms with Crippen LogP contribution in [0.3, 0.4) is 0 Å². The number of carbonyl (C=O) groups is 1. The van der Waals surface area contributed by atoms with Crippen LogP contribution in [0.4, 0.5) is 13.2 Å². The van der Waals surface area contributed by atoms with Crippen molar-refractivity contribution in [2.45, 2.75) is 25.9 Å². The van der Waals surface area contributed by atoms with Crippen molar-refractivity contribution in [1.82, 2.24) is 9.78 Å². The predicted molar refractivity (Wildman–Crippen MR) is 69.3 cm³/mol. The molecule has 1 aromatic heterocycles. The summed E-state index contributed by atoms with van der Waals surface area (Å²) in [7, 11) is 0. The number of hydrogen-bond donors (Lipinski definition) is 1. The van der Waals surface area contributed by atoms with E-state index in [-0.39, 0.29) is 18.5 Å². The maximum Gasteiger partial charge on any atom is 0.418 e. The number of halogens is 3. The molecule has 1 N–H and O–H groups in total. The van der Waals surface area contributed by atoms with Gasteiger partial charge in [-0.1, -0.05) is 12.1 Å². The van der Waals surface area contributed by atoms with Gasteiger partial charge >= 0.3 is 12.1 Å². The number of aliphatic carboxylic acids is 1. The lowest BCUT2D eigenvalue weighted by atomic mass is 10.1. The number of benzene rings is 1. The van der Waals surface area contributed by atoms with Gasteiger partial charge in [0.1, 0.15) is 0 Å². The van der Waals surface area contributed by atoms with Crippen molar-refractivity contribution < 1.29 is 23.1 Å². The number of rotatable bonds is 4. The third kappa shape index (κ3) is 3.24. The van der Waals surface area contributed by atoms with E-state index in [0.717, 1.165) is 6.07 Å². The Kier molecular flexibility index (Phi) is 4.02. The first-order valence-corrected chi connectivity index (χ1v) is 6.22. The van der Waals surface area contributed by atoms with Crippen molar-refractivity contribution >= 4 is 5.97 Å². The maximum atomic E-state index is 13.0. The number of nitrogens with zero attached hydrogens (tertiary/aromatic N) is 2. The zero-order valence-electron chi connectivity index (χ0n) is 11.2. The van der Waals surface area contributed by atoms with Crippen LogP contribution in [0.5, 0.6) is 0 Å². The Morgan fingerprint density at radius 2 is 2.00 bits per heavy atom. The number of carboxylic acid groups (broad SMARTS) is 1. The Hall–Kier alpha value is -2.31. The van der Waals surface area contributed by atoms with Crippen LogP contribution in [-0.4, -0.2) is 20.9 Å². The van der Waals surface area contributed by atoms with Gasteiger partial charge in [0, 0.05) is 12.1 Å². The molecule has 0 amide bonds. The zero-order chi connectivity index (χ0) is 15.6. The van der Waals surface area contributed by atoms with Crippen molar-refractivity contribution in [3.63, 3.8) is 0 Å². The molecule has 0 radical (unpaired) electrons. The highest BCUT2D eigenvalue weighted by Crippen LogP contribution is 2.34. The second kappa shape index (κ2) is 5.59. The molecule has 0 unspecified atom stereocenters. The molecule has 0 fully saturated rings. The van der Waals surface area contributed by atoms with Gasteiger partial charge in [0.25, 0.3) is 0 Å². The van der Waals surface area contributed by atoms with Crippen LogP contribution in [0.1, 0.15) is 23.2 Å². The van der Waals surface area contributed by atoms with E-state index in [1.807, 2.05) is 0 Å². The van der Waals surface area contributed by atoms with Gasteiger partial charge in [-0.05, 0) is 31.0 Å². The van der Waals surface area contributed by atoms with Crippen molar-refractivity contribution in [3.8, 4) is 5.69 Å². The Morgan fingerprint density at radius 3 is 2.62 bits per heavy atom. The molecule has 0 saturated heterocycles. The Balaban J connectivity index is 2.42. The maximum absolute atomic E-state index is 13.0. The molecule has 0 saturated carbocycles. The summed E-state index contributed by atoms with van der Waals surface area (Å²) in [4.78, 5) is 10.6. The highest BCUT2D eigenvalue weighted by atomic mass is 19.4. The summed E-state index contributed by atoms with van der Waals surface area (Å²) in [6.07, 6.45) is -2.93. The van der Waals surface area contributed by atoms with Crippen molar-refractivity contribution in [2.75, 3.05) is 0 Å². The largest absolute Gasteiger partial charge is 0.481 e. The summed E-state index contributed by atoms with van der Waals surface area (Å²) in [6.45, 7) is 1.62. The van der Waals surface area contributed by atoms with Crippen LogP contribution in [0, 0.1) is 6.92 Å². The molecule has 0 aliphatic carbocycles. The first-order chi connectivity index (χ1) is 9.80. The van der Waals surface area contributed by atoms with Crippen molar-refractivity contribution in [2.24, 2.45) is 0 Å². The number of carboxylic acids is 1. The fourth-order valence-electron chi connectivity index (χ4n) is 2.07. The molecule has 0 atom stereocenters. The second-order valence-electron chi connectivity index (χ2n) is 4.58. The summed E-state index contributed by atoms with van der Waals surface area (Å²) in [5.74, 6) is -0.960. The molecule has 1 aromatic carbocycles. The minimum atomic E-state index is -4.48. The SMILES string of the molecule is Cc1c(CCC(=O)O)cnn1-c1ccccc1C(F)(F)F. The number of para-hydroxylation sites is 1. The van der Waals surface area contributed by atoms with Gasteiger partial charge < -0.3 is 5.11 Å². The molecule has 1 heterocycles. The molecule has 2 aromatic rings. The highest BCUT2D eigenvalue weighted by molar-refractivity contribution is 5.67. The normalized spacial score (nSPS) is 11.6. The number of aromatic nitrogens is 2. The summed E-state index contributed by atoms with van der Waals surface area (Å²) < 4.78 is 40.2. The van der Waals surface area contributed by atoms with E-state index in [4.69, 9.17) is 5.11 Å². The third-order valence-electron chi connectivity index (χ3n) is 3.16. The van der Waals surface area contributed by atoms with Gasteiger partial charge in [0.05, 0.1) is 17.4 Å². The molecule has 7 heteroatoms. The predicted octanol–water partition coefficient (Wildman–Crippen LogP) is 3.22. The minimum absolute atomic E-state index is 0.0657. The summed E-state index contributed by atoms with van der Waals surface area (Å²) in [5, 5.41) is 12.6. The smallest absolute Gasteiger partial charge is 0.418 e. The first kappa shape index (κ1) is 15.1. The van der Waals surface area contributed by atoms with Crippen LogP contribution in [0.15, 0.2) is 30.5 Å². The molecular formula is C14H13F3N2O2. The molecule has 0 aliphatic rings. The van der Waals surface area contributed by atoms with Gasteiger partial charge in [-0.3, -0.25) is 4.79 Å². The van der Waals surface area contributed by atoms with E-state index in [2.05, 4.69) is 5.10 Å². The zero-order valence-corrected chi connectivity index (χ0v) is 11.2. The van der Waals surface area contributed by atoms with Crippen LogP contribution < -0.4 is 0 Å². The lowest BCUT2D eigenvalue weighted by Gasteiger charge is -2.13. The number of aryl methyl sites for hydroxylation is 1. The molecule has 0 aliphatic heterocycles. The summed E-state index contributed by atoms with van der Waals surface area (Å²) in [5.41, 5.74) is 0.285. The molecule has 21 heavy (non-hydrogen) atoms. The summed E-state index contributed by atoms with van der Waals surface area (Å²) >= 11 is 0. The molecule has 2 rings (SSSR count). The van der Waals surface area contributed by atoms with E-state index in [1.54, 1.807) is 6.92 Å². The fourth-order valence-corrected chi connectivity index (χ4v) is 2.07.